The minimum Gasteiger partial charge on any atom is -0.385 e. The van der Waals surface area contributed by atoms with Crippen LogP contribution in [-0.4, -0.2) is 82.2 Å². The number of fused-ring (bicyclic) bond motifs is 1. The summed E-state index contributed by atoms with van der Waals surface area (Å²) in [7, 11) is 0. The topological polar surface area (TPSA) is 155 Å². The Balaban J connectivity index is 1.36. The van der Waals surface area contributed by atoms with Crippen molar-refractivity contribution in [2.24, 2.45) is 0 Å². The van der Waals surface area contributed by atoms with Crippen LogP contribution in [0.1, 0.15) is 19.6 Å². The molecule has 2 aliphatic rings. The Morgan fingerprint density at radius 2 is 2.06 bits per heavy atom. The molecule has 1 unspecified atom stereocenters. The van der Waals surface area contributed by atoms with Gasteiger partial charge in [-0.25, -0.2) is 15.0 Å². The van der Waals surface area contributed by atoms with Gasteiger partial charge in [0, 0.05) is 19.1 Å². The van der Waals surface area contributed by atoms with E-state index >= 15 is 0 Å². The Morgan fingerprint density at radius 1 is 1.23 bits per heavy atom. The fourth-order valence-corrected chi connectivity index (χ4v) is 4.08. The van der Waals surface area contributed by atoms with Gasteiger partial charge < -0.3 is 30.3 Å². The van der Waals surface area contributed by atoms with Crippen LogP contribution in [0.15, 0.2) is 24.8 Å². The van der Waals surface area contributed by atoms with E-state index in [1.807, 2.05) is 6.07 Å². The van der Waals surface area contributed by atoms with Gasteiger partial charge in [0.2, 0.25) is 0 Å². The number of nitrogens with zero attached hydrogens (tertiary/aromatic N) is 7. The first-order valence-electron chi connectivity index (χ1n) is 9.78. The molecule has 0 spiro atoms. The Morgan fingerprint density at radius 3 is 2.77 bits per heavy atom. The molecule has 13 heteroatoms. The van der Waals surface area contributed by atoms with Gasteiger partial charge in [0.25, 0.3) is 0 Å². The number of rotatable bonds is 4. The summed E-state index contributed by atoms with van der Waals surface area (Å²) in [5.74, 6) is -0.589. The van der Waals surface area contributed by atoms with Crippen molar-refractivity contribution in [2.45, 2.75) is 43.6 Å². The maximum Gasteiger partial charge on any atom is 0.194 e. The summed E-state index contributed by atoms with van der Waals surface area (Å²) in [6.45, 7) is 2.78. The number of ether oxygens (including phenoxy) is 1. The standard InChI is InChI=1S/C18H21ClN8O4/c1-18(30)14(29)13(28)17(31-18)27-8-22-12-15(20-7-21-16(12)27)23-9-4-5-26(6-9)11-3-2-10(19)24-25-11/h2-3,7-9,13-14,17,28-30H,4-6H2,1H3,(H,20,21,23)/t9?,13-,14+,17+,18+/m0/s1. The molecule has 12 nitrogen and oxygen atoms in total. The lowest BCUT2D eigenvalue weighted by atomic mass is 10.1. The van der Waals surface area contributed by atoms with E-state index in [1.54, 1.807) is 6.07 Å². The average molecular weight is 449 g/mol. The maximum atomic E-state index is 10.3. The summed E-state index contributed by atoms with van der Waals surface area (Å²) in [5.41, 5.74) is 0.897. The van der Waals surface area contributed by atoms with E-state index in [0.717, 1.165) is 18.8 Å². The van der Waals surface area contributed by atoms with Crippen molar-refractivity contribution in [1.82, 2.24) is 29.7 Å². The smallest absolute Gasteiger partial charge is 0.194 e. The van der Waals surface area contributed by atoms with Crippen LogP contribution < -0.4 is 10.2 Å². The number of imidazole rings is 1. The predicted octanol–water partition coefficient (Wildman–Crippen LogP) is -0.0804. The van der Waals surface area contributed by atoms with Crippen molar-refractivity contribution in [3.8, 4) is 0 Å². The fraction of sp³-hybridized carbons (Fsp3) is 0.500. The molecule has 5 rings (SSSR count). The molecule has 4 N–H and O–H groups in total. The second-order valence-electron chi connectivity index (χ2n) is 7.84. The molecule has 5 heterocycles. The molecule has 5 atom stereocenters. The number of aliphatic hydroxyl groups is 3. The summed E-state index contributed by atoms with van der Waals surface area (Å²) in [4.78, 5) is 15.0. The predicted molar refractivity (Wildman–Crippen MR) is 109 cm³/mol. The van der Waals surface area contributed by atoms with Gasteiger partial charge >= 0.3 is 0 Å². The summed E-state index contributed by atoms with van der Waals surface area (Å²) >= 11 is 5.81. The Hall–Kier alpha value is -2.64. The van der Waals surface area contributed by atoms with E-state index in [1.165, 1.54) is 24.1 Å². The van der Waals surface area contributed by atoms with Gasteiger partial charge in [-0.3, -0.25) is 4.57 Å². The average Bonchev–Trinajstić information content (AvgIpc) is 3.43. The van der Waals surface area contributed by atoms with E-state index in [9.17, 15) is 15.3 Å². The summed E-state index contributed by atoms with van der Waals surface area (Å²) in [6.07, 6.45) is -0.163. The van der Waals surface area contributed by atoms with Crippen molar-refractivity contribution in [2.75, 3.05) is 23.3 Å². The SMILES string of the molecule is C[C@@]1(O)O[C@@H](n2cnc3c(NC4CCN(c5ccc(Cl)nn5)C4)ncnc32)[C@@H](O)[C@H]1O. The molecule has 2 fully saturated rings. The van der Waals surface area contributed by atoms with Crippen LogP contribution in [0, 0.1) is 0 Å². The lowest BCUT2D eigenvalue weighted by Gasteiger charge is -2.20. The lowest BCUT2D eigenvalue weighted by molar-refractivity contribution is -0.224. The number of hydrogen-bond acceptors (Lipinski definition) is 11. The third kappa shape index (κ3) is 3.55. The van der Waals surface area contributed by atoms with Crippen molar-refractivity contribution in [1.29, 1.82) is 0 Å². The van der Waals surface area contributed by atoms with Crippen LogP contribution in [-0.2, 0) is 4.74 Å². The van der Waals surface area contributed by atoms with Gasteiger partial charge in [-0.1, -0.05) is 11.6 Å². The molecule has 2 aliphatic heterocycles. The highest BCUT2D eigenvalue weighted by molar-refractivity contribution is 6.29. The second-order valence-corrected chi connectivity index (χ2v) is 8.22. The minimum absolute atomic E-state index is 0.0941. The molecule has 2 saturated heterocycles. The third-order valence-electron chi connectivity index (χ3n) is 5.63. The van der Waals surface area contributed by atoms with Crippen LogP contribution in [0.25, 0.3) is 11.2 Å². The van der Waals surface area contributed by atoms with Crippen LogP contribution in [0.2, 0.25) is 5.15 Å². The molecule has 31 heavy (non-hydrogen) atoms. The first-order valence-corrected chi connectivity index (χ1v) is 10.2. The number of aromatic nitrogens is 6. The lowest BCUT2D eigenvalue weighted by Crippen LogP contribution is -2.40. The highest BCUT2D eigenvalue weighted by atomic mass is 35.5. The maximum absolute atomic E-state index is 10.3. The monoisotopic (exact) mass is 448 g/mol. The van der Waals surface area contributed by atoms with Crippen LogP contribution in [0.4, 0.5) is 11.6 Å². The number of halogens is 1. The van der Waals surface area contributed by atoms with E-state index in [-0.39, 0.29) is 6.04 Å². The second kappa shape index (κ2) is 7.50. The highest BCUT2D eigenvalue weighted by Crippen LogP contribution is 2.37. The summed E-state index contributed by atoms with van der Waals surface area (Å²) < 4.78 is 6.91. The van der Waals surface area contributed by atoms with Crippen molar-refractivity contribution < 1.29 is 20.1 Å². The first kappa shape index (κ1) is 20.3. The molecular weight excluding hydrogens is 428 g/mol. The number of nitrogens with one attached hydrogen (secondary N) is 1. The Bertz CT molecular complexity index is 1090. The molecule has 3 aromatic rings. The van der Waals surface area contributed by atoms with E-state index in [2.05, 4.69) is 35.4 Å². The quantitative estimate of drug-likeness (QED) is 0.423. The molecule has 0 radical (unpaired) electrons. The van der Waals surface area contributed by atoms with Crippen LogP contribution in [0.3, 0.4) is 0 Å². The van der Waals surface area contributed by atoms with E-state index in [4.69, 9.17) is 16.3 Å². The highest BCUT2D eigenvalue weighted by Gasteiger charge is 2.51. The van der Waals surface area contributed by atoms with E-state index in [0.29, 0.717) is 28.7 Å². The number of aliphatic hydroxyl groups excluding tert-OH is 2. The van der Waals surface area contributed by atoms with Crippen molar-refractivity contribution in [3.63, 3.8) is 0 Å². The molecule has 0 amide bonds. The van der Waals surface area contributed by atoms with Gasteiger partial charge in [-0.15, -0.1) is 10.2 Å². The molecule has 0 aliphatic carbocycles. The number of hydrogen-bond donors (Lipinski definition) is 4. The number of anilines is 2. The van der Waals surface area contributed by atoms with Crippen LogP contribution >= 0.6 is 11.6 Å². The molecule has 164 valence electrons. The van der Waals surface area contributed by atoms with E-state index < -0.39 is 24.2 Å². The molecule has 0 bridgehead atoms. The van der Waals surface area contributed by atoms with Gasteiger partial charge in [-0.2, -0.15) is 0 Å². The van der Waals surface area contributed by atoms with Crippen molar-refractivity contribution in [3.05, 3.63) is 29.9 Å². The normalized spacial score (nSPS) is 30.9. The first-order chi connectivity index (χ1) is 14.8. The largest absolute Gasteiger partial charge is 0.385 e. The zero-order valence-electron chi connectivity index (χ0n) is 16.5. The van der Waals surface area contributed by atoms with Gasteiger partial charge in [0.15, 0.2) is 40.0 Å². The molecule has 3 aromatic heterocycles. The Labute approximate surface area is 181 Å². The Kier molecular flexibility index (Phi) is 4.90. The molecule has 0 saturated carbocycles. The third-order valence-corrected chi connectivity index (χ3v) is 5.83. The molecular formula is C18H21ClN8O4. The summed E-state index contributed by atoms with van der Waals surface area (Å²) in [5, 5.41) is 42.2. The van der Waals surface area contributed by atoms with Crippen molar-refractivity contribution >= 4 is 34.4 Å². The zero-order valence-corrected chi connectivity index (χ0v) is 17.3. The fourth-order valence-electron chi connectivity index (χ4n) is 3.98. The van der Waals surface area contributed by atoms with Gasteiger partial charge in [0.05, 0.1) is 6.33 Å². The van der Waals surface area contributed by atoms with Gasteiger partial charge in [-0.05, 0) is 25.5 Å². The zero-order chi connectivity index (χ0) is 21.8. The molecule has 0 aromatic carbocycles. The van der Waals surface area contributed by atoms with Gasteiger partial charge in [0.1, 0.15) is 18.5 Å². The summed E-state index contributed by atoms with van der Waals surface area (Å²) in [6, 6.07) is 3.63. The van der Waals surface area contributed by atoms with Crippen LogP contribution in [0.5, 0.6) is 0 Å². The minimum atomic E-state index is -1.88.